The van der Waals surface area contributed by atoms with Crippen LogP contribution in [0.15, 0.2) is 18.3 Å². The Morgan fingerprint density at radius 1 is 1.39 bits per heavy atom. The smallest absolute Gasteiger partial charge is 0.254 e. The van der Waals surface area contributed by atoms with E-state index in [4.69, 9.17) is 5.73 Å². The molecule has 0 saturated heterocycles. The maximum Gasteiger partial charge on any atom is 0.254 e. The van der Waals surface area contributed by atoms with E-state index in [0.717, 1.165) is 25.9 Å². The zero-order valence-corrected chi connectivity index (χ0v) is 11.5. The number of hydrogen-bond acceptors (Lipinski definition) is 3. The Labute approximate surface area is 109 Å². The molecule has 1 rings (SSSR count). The molecule has 0 aliphatic heterocycles. The molecule has 1 amide bonds. The molecular weight excluding hydrogens is 226 g/mol. The standard InChI is InChI=1S/C14H23N3O/c1-4-11(5-2)10-17(6-3)14(18)12-7-8-16-13(15)9-12/h7-9,11H,4-6,10H2,1-3H3,(H2,15,16). The van der Waals surface area contributed by atoms with Gasteiger partial charge < -0.3 is 10.6 Å². The van der Waals surface area contributed by atoms with E-state index in [1.807, 2.05) is 11.8 Å². The summed E-state index contributed by atoms with van der Waals surface area (Å²) in [5.41, 5.74) is 6.23. The molecule has 4 nitrogen and oxygen atoms in total. The summed E-state index contributed by atoms with van der Waals surface area (Å²) >= 11 is 0. The number of carbonyl (C=O) groups excluding carboxylic acids is 1. The van der Waals surface area contributed by atoms with Crippen LogP contribution in [0.1, 0.15) is 44.0 Å². The van der Waals surface area contributed by atoms with Gasteiger partial charge in [0, 0.05) is 24.8 Å². The van der Waals surface area contributed by atoms with Gasteiger partial charge in [0.05, 0.1) is 0 Å². The Hall–Kier alpha value is -1.58. The van der Waals surface area contributed by atoms with Gasteiger partial charge in [0.1, 0.15) is 5.82 Å². The highest BCUT2D eigenvalue weighted by Crippen LogP contribution is 2.13. The molecule has 2 N–H and O–H groups in total. The maximum absolute atomic E-state index is 12.3. The summed E-state index contributed by atoms with van der Waals surface area (Å²) in [4.78, 5) is 18.1. The predicted octanol–water partition coefficient (Wildman–Crippen LogP) is 2.56. The van der Waals surface area contributed by atoms with Crippen molar-refractivity contribution < 1.29 is 4.79 Å². The monoisotopic (exact) mass is 249 g/mol. The highest BCUT2D eigenvalue weighted by atomic mass is 16.2. The summed E-state index contributed by atoms with van der Waals surface area (Å²) in [6.07, 6.45) is 3.77. The Morgan fingerprint density at radius 3 is 2.56 bits per heavy atom. The van der Waals surface area contributed by atoms with E-state index in [2.05, 4.69) is 18.8 Å². The van der Waals surface area contributed by atoms with Gasteiger partial charge in [0.2, 0.25) is 0 Å². The lowest BCUT2D eigenvalue weighted by Crippen LogP contribution is -2.35. The number of nitrogen functional groups attached to an aromatic ring is 1. The first-order chi connectivity index (χ1) is 8.62. The fourth-order valence-corrected chi connectivity index (χ4v) is 1.98. The van der Waals surface area contributed by atoms with Crippen LogP contribution in [0.4, 0.5) is 5.82 Å². The Morgan fingerprint density at radius 2 is 2.06 bits per heavy atom. The van der Waals surface area contributed by atoms with Gasteiger partial charge in [-0.25, -0.2) is 4.98 Å². The van der Waals surface area contributed by atoms with Gasteiger partial charge in [-0.05, 0) is 25.0 Å². The molecule has 0 aromatic carbocycles. The summed E-state index contributed by atoms with van der Waals surface area (Å²) < 4.78 is 0. The summed E-state index contributed by atoms with van der Waals surface area (Å²) in [5, 5.41) is 0. The van der Waals surface area contributed by atoms with Crippen molar-refractivity contribution in [2.24, 2.45) is 5.92 Å². The van der Waals surface area contributed by atoms with E-state index in [-0.39, 0.29) is 5.91 Å². The van der Waals surface area contributed by atoms with Crippen molar-refractivity contribution >= 4 is 11.7 Å². The quantitative estimate of drug-likeness (QED) is 0.843. The van der Waals surface area contributed by atoms with E-state index < -0.39 is 0 Å². The molecule has 4 heteroatoms. The van der Waals surface area contributed by atoms with Crippen LogP contribution in [0.2, 0.25) is 0 Å². The van der Waals surface area contributed by atoms with Crippen LogP contribution in [-0.4, -0.2) is 28.9 Å². The largest absolute Gasteiger partial charge is 0.384 e. The average Bonchev–Trinajstić information content (AvgIpc) is 2.39. The maximum atomic E-state index is 12.3. The molecule has 0 fully saturated rings. The van der Waals surface area contributed by atoms with Gasteiger partial charge >= 0.3 is 0 Å². The van der Waals surface area contributed by atoms with Crippen molar-refractivity contribution in [2.75, 3.05) is 18.8 Å². The Balaban J connectivity index is 2.79. The number of carbonyl (C=O) groups is 1. The topological polar surface area (TPSA) is 59.2 Å². The van der Waals surface area contributed by atoms with Gasteiger partial charge in [-0.15, -0.1) is 0 Å². The van der Waals surface area contributed by atoms with E-state index in [0.29, 0.717) is 17.3 Å². The van der Waals surface area contributed by atoms with Crippen molar-refractivity contribution in [2.45, 2.75) is 33.6 Å². The number of aromatic nitrogens is 1. The van der Waals surface area contributed by atoms with Crippen LogP contribution >= 0.6 is 0 Å². The third kappa shape index (κ3) is 3.72. The van der Waals surface area contributed by atoms with Crippen molar-refractivity contribution in [3.05, 3.63) is 23.9 Å². The summed E-state index contributed by atoms with van der Waals surface area (Å²) in [6, 6.07) is 3.35. The fraction of sp³-hybridized carbons (Fsp3) is 0.571. The predicted molar refractivity (Wildman–Crippen MR) is 74.3 cm³/mol. The first-order valence-electron chi connectivity index (χ1n) is 6.63. The van der Waals surface area contributed by atoms with Crippen molar-refractivity contribution in [3.63, 3.8) is 0 Å². The van der Waals surface area contributed by atoms with Crippen LogP contribution < -0.4 is 5.73 Å². The molecule has 100 valence electrons. The number of rotatable bonds is 6. The van der Waals surface area contributed by atoms with Crippen LogP contribution in [0.25, 0.3) is 0 Å². The summed E-state index contributed by atoms with van der Waals surface area (Å²) in [6.45, 7) is 7.86. The molecule has 0 bridgehead atoms. The molecule has 0 unspecified atom stereocenters. The SMILES string of the molecule is CCC(CC)CN(CC)C(=O)c1ccnc(N)c1. The van der Waals surface area contributed by atoms with Crippen LogP contribution in [0, 0.1) is 5.92 Å². The Bertz CT molecular complexity index is 388. The lowest BCUT2D eigenvalue weighted by atomic mass is 10.0. The molecule has 1 heterocycles. The number of hydrogen-bond donors (Lipinski definition) is 1. The Kier molecular flexibility index (Phi) is 5.62. The van der Waals surface area contributed by atoms with Gasteiger partial charge in [-0.1, -0.05) is 26.7 Å². The number of amides is 1. The highest BCUT2D eigenvalue weighted by Gasteiger charge is 2.17. The first kappa shape index (κ1) is 14.5. The number of nitrogens with two attached hydrogens (primary N) is 1. The number of pyridine rings is 1. The zero-order chi connectivity index (χ0) is 13.5. The van der Waals surface area contributed by atoms with Crippen molar-refractivity contribution in [1.29, 1.82) is 0 Å². The van der Waals surface area contributed by atoms with Gasteiger partial charge in [-0.2, -0.15) is 0 Å². The average molecular weight is 249 g/mol. The third-order valence-corrected chi connectivity index (χ3v) is 3.33. The molecule has 0 aliphatic carbocycles. The minimum absolute atomic E-state index is 0.0403. The molecule has 0 aliphatic rings. The first-order valence-corrected chi connectivity index (χ1v) is 6.63. The molecule has 0 atom stereocenters. The second-order valence-corrected chi connectivity index (χ2v) is 4.50. The molecule has 0 spiro atoms. The van der Waals surface area contributed by atoms with Crippen molar-refractivity contribution in [1.82, 2.24) is 9.88 Å². The number of nitrogens with zero attached hydrogens (tertiary/aromatic N) is 2. The van der Waals surface area contributed by atoms with Crippen molar-refractivity contribution in [3.8, 4) is 0 Å². The van der Waals surface area contributed by atoms with Crippen LogP contribution in [-0.2, 0) is 0 Å². The van der Waals surface area contributed by atoms with E-state index in [1.54, 1.807) is 18.3 Å². The second kappa shape index (κ2) is 6.99. The summed E-state index contributed by atoms with van der Waals surface area (Å²) in [5.74, 6) is 0.992. The summed E-state index contributed by atoms with van der Waals surface area (Å²) in [7, 11) is 0. The van der Waals surface area contributed by atoms with E-state index in [1.165, 1.54) is 0 Å². The van der Waals surface area contributed by atoms with Gasteiger partial charge in [0.15, 0.2) is 0 Å². The number of anilines is 1. The fourth-order valence-electron chi connectivity index (χ4n) is 1.98. The molecular formula is C14H23N3O. The van der Waals surface area contributed by atoms with E-state index in [9.17, 15) is 4.79 Å². The molecule has 0 saturated carbocycles. The molecule has 0 radical (unpaired) electrons. The third-order valence-electron chi connectivity index (χ3n) is 3.33. The molecule has 1 aromatic rings. The normalized spacial score (nSPS) is 10.7. The highest BCUT2D eigenvalue weighted by molar-refractivity contribution is 5.94. The van der Waals surface area contributed by atoms with Crippen LogP contribution in [0.5, 0.6) is 0 Å². The van der Waals surface area contributed by atoms with E-state index >= 15 is 0 Å². The lowest BCUT2D eigenvalue weighted by molar-refractivity contribution is 0.0735. The van der Waals surface area contributed by atoms with Gasteiger partial charge in [-0.3, -0.25) is 4.79 Å². The second-order valence-electron chi connectivity index (χ2n) is 4.50. The molecule has 1 aromatic heterocycles. The zero-order valence-electron chi connectivity index (χ0n) is 11.5. The van der Waals surface area contributed by atoms with Crippen LogP contribution in [0.3, 0.4) is 0 Å². The minimum Gasteiger partial charge on any atom is -0.384 e. The van der Waals surface area contributed by atoms with Gasteiger partial charge in [0.25, 0.3) is 5.91 Å². The molecule has 18 heavy (non-hydrogen) atoms. The minimum atomic E-state index is 0.0403. The lowest BCUT2D eigenvalue weighted by Gasteiger charge is -2.25.